The second-order valence-corrected chi connectivity index (χ2v) is 5.62. The third-order valence-corrected chi connectivity index (χ3v) is 2.51. The molecule has 1 aromatic rings. The van der Waals surface area contributed by atoms with Gasteiger partial charge in [-0.1, -0.05) is 12.1 Å². The standard InChI is InChI=1S/C14H20F3NO2/c1-13(2,3)18-8-10-5-4-6-11(7-10)20-9-12(19)14(15,16)17/h4-7,12,18-19H,8-9H2,1-3H3. The van der Waals surface area contributed by atoms with Crippen LogP contribution in [0.5, 0.6) is 5.75 Å². The number of aliphatic hydroxyl groups is 1. The molecule has 0 aliphatic heterocycles. The average molecular weight is 291 g/mol. The maximum absolute atomic E-state index is 12.1. The van der Waals surface area contributed by atoms with Gasteiger partial charge in [-0.25, -0.2) is 0 Å². The minimum absolute atomic E-state index is 0.0522. The maximum atomic E-state index is 12.1. The van der Waals surface area contributed by atoms with E-state index in [9.17, 15) is 13.2 Å². The van der Waals surface area contributed by atoms with Crippen LogP contribution in [0.2, 0.25) is 0 Å². The number of aliphatic hydroxyl groups excluding tert-OH is 1. The molecule has 0 aliphatic carbocycles. The summed E-state index contributed by atoms with van der Waals surface area (Å²) in [5, 5.41) is 12.1. The van der Waals surface area contributed by atoms with Gasteiger partial charge in [-0.2, -0.15) is 13.2 Å². The van der Waals surface area contributed by atoms with Crippen LogP contribution in [0.15, 0.2) is 24.3 Å². The molecule has 114 valence electrons. The lowest BCUT2D eigenvalue weighted by atomic mass is 10.1. The van der Waals surface area contributed by atoms with E-state index < -0.39 is 18.9 Å². The number of rotatable bonds is 5. The van der Waals surface area contributed by atoms with Crippen LogP contribution in [0, 0.1) is 0 Å². The summed E-state index contributed by atoms with van der Waals surface area (Å²) in [5.41, 5.74) is 0.850. The Hall–Kier alpha value is -1.27. The van der Waals surface area contributed by atoms with Crippen molar-refractivity contribution in [3.8, 4) is 5.75 Å². The summed E-state index contributed by atoms with van der Waals surface area (Å²) in [4.78, 5) is 0. The zero-order valence-electron chi connectivity index (χ0n) is 11.8. The molecule has 1 aromatic carbocycles. The summed E-state index contributed by atoms with van der Waals surface area (Å²) >= 11 is 0. The van der Waals surface area contributed by atoms with E-state index in [1.54, 1.807) is 18.2 Å². The first-order chi connectivity index (χ1) is 9.08. The van der Waals surface area contributed by atoms with Gasteiger partial charge in [-0.05, 0) is 38.5 Å². The van der Waals surface area contributed by atoms with Gasteiger partial charge in [-0.15, -0.1) is 0 Å². The first kappa shape index (κ1) is 16.8. The fourth-order valence-corrected chi connectivity index (χ4v) is 1.38. The Morgan fingerprint density at radius 1 is 1.25 bits per heavy atom. The maximum Gasteiger partial charge on any atom is 0.417 e. The van der Waals surface area contributed by atoms with Crippen LogP contribution in [0.3, 0.4) is 0 Å². The summed E-state index contributed by atoms with van der Waals surface area (Å²) in [6.07, 6.45) is -7.13. The number of nitrogens with one attached hydrogen (secondary N) is 1. The number of hydrogen-bond acceptors (Lipinski definition) is 3. The topological polar surface area (TPSA) is 41.5 Å². The molecule has 0 spiro atoms. The zero-order valence-corrected chi connectivity index (χ0v) is 11.8. The second-order valence-electron chi connectivity index (χ2n) is 5.62. The minimum atomic E-state index is -4.66. The van der Waals surface area contributed by atoms with Gasteiger partial charge in [0.1, 0.15) is 12.4 Å². The van der Waals surface area contributed by atoms with Gasteiger partial charge >= 0.3 is 6.18 Å². The molecule has 1 unspecified atom stereocenters. The molecule has 0 saturated carbocycles. The Morgan fingerprint density at radius 3 is 2.45 bits per heavy atom. The van der Waals surface area contributed by atoms with Crippen LogP contribution in [0.25, 0.3) is 0 Å². The first-order valence-electron chi connectivity index (χ1n) is 6.29. The fourth-order valence-electron chi connectivity index (χ4n) is 1.38. The second kappa shape index (κ2) is 6.45. The van der Waals surface area contributed by atoms with Crippen molar-refractivity contribution in [2.45, 2.75) is 45.1 Å². The van der Waals surface area contributed by atoms with Crippen LogP contribution in [-0.4, -0.2) is 29.5 Å². The zero-order chi connectivity index (χ0) is 15.4. The van der Waals surface area contributed by atoms with E-state index in [0.717, 1.165) is 5.56 Å². The highest BCUT2D eigenvalue weighted by Crippen LogP contribution is 2.21. The van der Waals surface area contributed by atoms with Crippen LogP contribution >= 0.6 is 0 Å². The number of halogens is 3. The van der Waals surface area contributed by atoms with Gasteiger partial charge in [0.15, 0.2) is 6.10 Å². The van der Waals surface area contributed by atoms with E-state index in [0.29, 0.717) is 12.3 Å². The van der Waals surface area contributed by atoms with Gasteiger partial charge in [-0.3, -0.25) is 0 Å². The largest absolute Gasteiger partial charge is 0.491 e. The Kier molecular flexibility index (Phi) is 5.42. The van der Waals surface area contributed by atoms with Crippen molar-refractivity contribution in [3.63, 3.8) is 0 Å². The van der Waals surface area contributed by atoms with E-state index in [4.69, 9.17) is 9.84 Å². The van der Waals surface area contributed by atoms with E-state index in [-0.39, 0.29) is 5.54 Å². The van der Waals surface area contributed by atoms with Gasteiger partial charge in [0.2, 0.25) is 0 Å². The lowest BCUT2D eigenvalue weighted by molar-refractivity contribution is -0.210. The lowest BCUT2D eigenvalue weighted by Gasteiger charge is -2.21. The van der Waals surface area contributed by atoms with Gasteiger partial charge in [0.05, 0.1) is 0 Å². The molecule has 1 atom stereocenters. The van der Waals surface area contributed by atoms with Crippen molar-refractivity contribution in [1.29, 1.82) is 0 Å². The van der Waals surface area contributed by atoms with Gasteiger partial charge < -0.3 is 15.2 Å². The van der Waals surface area contributed by atoms with Crippen molar-refractivity contribution in [2.75, 3.05) is 6.61 Å². The Balaban J connectivity index is 2.56. The minimum Gasteiger partial charge on any atom is -0.491 e. The van der Waals surface area contributed by atoms with E-state index in [1.807, 2.05) is 26.8 Å². The van der Waals surface area contributed by atoms with Crippen LogP contribution in [0.4, 0.5) is 13.2 Å². The molecule has 0 heterocycles. The molecule has 0 aliphatic rings. The molecule has 0 amide bonds. The third kappa shape index (κ3) is 6.25. The predicted octanol–water partition coefficient (Wildman–Crippen LogP) is 2.88. The van der Waals surface area contributed by atoms with Crippen molar-refractivity contribution in [2.24, 2.45) is 0 Å². The van der Waals surface area contributed by atoms with Gasteiger partial charge in [0.25, 0.3) is 0 Å². The number of hydrogen-bond donors (Lipinski definition) is 2. The molecule has 2 N–H and O–H groups in total. The Labute approximate surface area is 116 Å². The summed E-state index contributed by atoms with van der Waals surface area (Å²) < 4.78 is 41.4. The smallest absolute Gasteiger partial charge is 0.417 e. The summed E-state index contributed by atoms with van der Waals surface area (Å²) in [7, 11) is 0. The number of benzene rings is 1. The number of ether oxygens (including phenoxy) is 1. The quantitative estimate of drug-likeness (QED) is 0.876. The normalized spacial score (nSPS) is 14.2. The lowest BCUT2D eigenvalue weighted by Crippen LogP contribution is -2.35. The molecule has 0 aromatic heterocycles. The summed E-state index contributed by atoms with van der Waals surface area (Å²) in [6, 6.07) is 6.77. The van der Waals surface area contributed by atoms with Crippen molar-refractivity contribution in [3.05, 3.63) is 29.8 Å². The van der Waals surface area contributed by atoms with E-state index >= 15 is 0 Å². The van der Waals surface area contributed by atoms with Crippen molar-refractivity contribution in [1.82, 2.24) is 5.32 Å². The third-order valence-electron chi connectivity index (χ3n) is 2.51. The molecule has 3 nitrogen and oxygen atoms in total. The predicted molar refractivity (Wildman–Crippen MR) is 70.6 cm³/mol. The molecule has 0 saturated heterocycles. The highest BCUT2D eigenvalue weighted by atomic mass is 19.4. The highest BCUT2D eigenvalue weighted by Gasteiger charge is 2.38. The Morgan fingerprint density at radius 2 is 1.90 bits per heavy atom. The molecule has 20 heavy (non-hydrogen) atoms. The van der Waals surface area contributed by atoms with Gasteiger partial charge in [0, 0.05) is 12.1 Å². The van der Waals surface area contributed by atoms with Crippen LogP contribution in [0.1, 0.15) is 26.3 Å². The molecule has 0 bridgehead atoms. The number of alkyl halides is 3. The monoisotopic (exact) mass is 291 g/mol. The van der Waals surface area contributed by atoms with E-state index in [2.05, 4.69) is 5.32 Å². The molecule has 0 fully saturated rings. The van der Waals surface area contributed by atoms with Crippen LogP contribution in [-0.2, 0) is 6.54 Å². The van der Waals surface area contributed by atoms with Crippen molar-refractivity contribution < 1.29 is 23.0 Å². The molecule has 6 heteroatoms. The molecular weight excluding hydrogens is 271 g/mol. The van der Waals surface area contributed by atoms with Crippen molar-refractivity contribution >= 4 is 0 Å². The molecule has 0 radical (unpaired) electrons. The molecule has 1 rings (SSSR count). The summed E-state index contributed by atoms with van der Waals surface area (Å²) in [5.74, 6) is 0.307. The van der Waals surface area contributed by atoms with E-state index in [1.165, 1.54) is 0 Å². The van der Waals surface area contributed by atoms with Crippen LogP contribution < -0.4 is 10.1 Å². The highest BCUT2D eigenvalue weighted by molar-refractivity contribution is 5.28. The Bertz CT molecular complexity index is 427. The fraction of sp³-hybridized carbons (Fsp3) is 0.571. The SMILES string of the molecule is CC(C)(C)NCc1cccc(OCC(O)C(F)(F)F)c1. The average Bonchev–Trinajstić information content (AvgIpc) is 2.32. The molecular formula is C14H20F3NO2. The summed E-state index contributed by atoms with van der Waals surface area (Å²) in [6.45, 7) is 5.84. The first-order valence-corrected chi connectivity index (χ1v) is 6.29.